The molecule has 4 rings (SSSR count). The number of piperazine rings is 1. The number of imide groups is 1. The smallest absolute Gasteiger partial charge is 0.241 e. The SMILES string of the molecule is CC1(c2ccccc2)CC(=O)N(CN2CCN(c3ncccn3)CC2)C1=O. The molecule has 0 aliphatic carbocycles. The Morgan fingerprint density at radius 1 is 0.963 bits per heavy atom. The lowest BCUT2D eigenvalue weighted by atomic mass is 9.81. The molecule has 0 N–H and O–H groups in total. The summed E-state index contributed by atoms with van der Waals surface area (Å²) in [4.78, 5) is 39.9. The van der Waals surface area contributed by atoms with Gasteiger partial charge in [0, 0.05) is 45.0 Å². The van der Waals surface area contributed by atoms with E-state index in [4.69, 9.17) is 0 Å². The lowest BCUT2D eigenvalue weighted by Crippen LogP contribution is -2.52. The average Bonchev–Trinajstić information content (AvgIpc) is 2.94. The summed E-state index contributed by atoms with van der Waals surface area (Å²) in [6, 6.07) is 11.4. The number of hydrogen-bond donors (Lipinski definition) is 0. The molecule has 140 valence electrons. The summed E-state index contributed by atoms with van der Waals surface area (Å²) in [5.41, 5.74) is 0.134. The molecule has 2 aliphatic heterocycles. The Bertz CT molecular complexity index is 821. The third-order valence-electron chi connectivity index (χ3n) is 5.48. The molecule has 2 aromatic rings. The highest BCUT2D eigenvalue weighted by Crippen LogP contribution is 2.36. The Morgan fingerprint density at radius 2 is 1.63 bits per heavy atom. The molecule has 2 saturated heterocycles. The molecule has 2 amide bonds. The van der Waals surface area contributed by atoms with E-state index in [0.717, 1.165) is 37.7 Å². The van der Waals surface area contributed by atoms with Gasteiger partial charge in [-0.25, -0.2) is 9.97 Å². The van der Waals surface area contributed by atoms with E-state index in [1.165, 1.54) is 4.90 Å². The molecule has 7 nitrogen and oxygen atoms in total. The number of nitrogens with zero attached hydrogens (tertiary/aromatic N) is 5. The van der Waals surface area contributed by atoms with Crippen molar-refractivity contribution in [3.63, 3.8) is 0 Å². The molecule has 27 heavy (non-hydrogen) atoms. The first-order chi connectivity index (χ1) is 13.1. The zero-order chi connectivity index (χ0) is 18.9. The standard InChI is InChI=1S/C20H23N5O2/c1-20(16-6-3-2-4-7-16)14-17(26)25(18(20)27)15-23-10-12-24(13-11-23)19-21-8-5-9-22-19/h2-9H,10-15H2,1H3. The van der Waals surface area contributed by atoms with Crippen molar-refractivity contribution < 1.29 is 9.59 Å². The van der Waals surface area contributed by atoms with Gasteiger partial charge in [0.2, 0.25) is 17.8 Å². The first-order valence-electron chi connectivity index (χ1n) is 9.22. The van der Waals surface area contributed by atoms with Gasteiger partial charge in [-0.3, -0.25) is 19.4 Å². The molecular weight excluding hydrogens is 342 g/mol. The summed E-state index contributed by atoms with van der Waals surface area (Å²) in [6.07, 6.45) is 3.70. The second-order valence-electron chi connectivity index (χ2n) is 7.30. The van der Waals surface area contributed by atoms with E-state index in [-0.39, 0.29) is 18.2 Å². The van der Waals surface area contributed by atoms with Crippen LogP contribution in [0.2, 0.25) is 0 Å². The van der Waals surface area contributed by atoms with Crippen molar-refractivity contribution >= 4 is 17.8 Å². The van der Waals surface area contributed by atoms with Gasteiger partial charge in [-0.05, 0) is 18.6 Å². The number of hydrogen-bond acceptors (Lipinski definition) is 6. The molecule has 1 atom stereocenters. The fourth-order valence-electron chi connectivity index (χ4n) is 3.80. The van der Waals surface area contributed by atoms with Gasteiger partial charge in [-0.1, -0.05) is 30.3 Å². The predicted octanol–water partition coefficient (Wildman–Crippen LogP) is 1.27. The number of likely N-dealkylation sites (tertiary alicyclic amines) is 1. The van der Waals surface area contributed by atoms with Gasteiger partial charge in [-0.2, -0.15) is 0 Å². The summed E-state index contributed by atoms with van der Waals surface area (Å²) in [5, 5.41) is 0. The molecule has 1 unspecified atom stereocenters. The van der Waals surface area contributed by atoms with Crippen molar-refractivity contribution in [1.29, 1.82) is 0 Å². The quantitative estimate of drug-likeness (QED) is 0.760. The third kappa shape index (κ3) is 3.30. The fourth-order valence-corrected chi connectivity index (χ4v) is 3.80. The number of carbonyl (C=O) groups excluding carboxylic acids is 2. The van der Waals surface area contributed by atoms with E-state index >= 15 is 0 Å². The summed E-state index contributed by atoms with van der Waals surface area (Å²) in [6.45, 7) is 5.29. The maximum Gasteiger partial charge on any atom is 0.241 e. The van der Waals surface area contributed by atoms with Gasteiger partial charge in [0.05, 0.1) is 12.1 Å². The van der Waals surface area contributed by atoms with Gasteiger partial charge in [0.1, 0.15) is 0 Å². The van der Waals surface area contributed by atoms with Crippen LogP contribution in [-0.4, -0.2) is 64.4 Å². The second-order valence-corrected chi connectivity index (χ2v) is 7.30. The molecule has 0 bridgehead atoms. The largest absolute Gasteiger partial charge is 0.338 e. The summed E-state index contributed by atoms with van der Waals surface area (Å²) in [7, 11) is 0. The van der Waals surface area contributed by atoms with Crippen LogP contribution < -0.4 is 4.90 Å². The number of carbonyl (C=O) groups is 2. The Hall–Kier alpha value is -2.80. The van der Waals surface area contributed by atoms with E-state index in [0.29, 0.717) is 6.67 Å². The highest BCUT2D eigenvalue weighted by molar-refractivity contribution is 6.08. The molecule has 2 aliphatic rings. The molecular formula is C20H23N5O2. The van der Waals surface area contributed by atoms with E-state index in [1.807, 2.05) is 37.3 Å². The van der Waals surface area contributed by atoms with Gasteiger partial charge < -0.3 is 4.90 Å². The lowest BCUT2D eigenvalue weighted by molar-refractivity contribution is -0.142. The highest BCUT2D eigenvalue weighted by Gasteiger charge is 2.49. The minimum absolute atomic E-state index is 0.0971. The topological polar surface area (TPSA) is 69.6 Å². The molecule has 7 heteroatoms. The van der Waals surface area contributed by atoms with Crippen molar-refractivity contribution in [2.45, 2.75) is 18.8 Å². The zero-order valence-corrected chi connectivity index (χ0v) is 15.4. The van der Waals surface area contributed by atoms with Crippen molar-refractivity contribution in [3.05, 3.63) is 54.4 Å². The van der Waals surface area contributed by atoms with Gasteiger partial charge >= 0.3 is 0 Å². The summed E-state index contributed by atoms with van der Waals surface area (Å²) < 4.78 is 0. The molecule has 2 fully saturated rings. The number of anilines is 1. The zero-order valence-electron chi connectivity index (χ0n) is 15.4. The van der Waals surface area contributed by atoms with Crippen LogP contribution in [0.5, 0.6) is 0 Å². The molecule has 1 aromatic carbocycles. The van der Waals surface area contributed by atoms with Crippen LogP contribution >= 0.6 is 0 Å². The molecule has 0 spiro atoms. The van der Waals surface area contributed by atoms with Crippen molar-refractivity contribution in [1.82, 2.24) is 19.8 Å². The predicted molar refractivity (Wildman–Crippen MR) is 101 cm³/mol. The monoisotopic (exact) mass is 365 g/mol. The number of amides is 2. The molecule has 1 aromatic heterocycles. The average molecular weight is 365 g/mol. The minimum atomic E-state index is -0.766. The number of rotatable bonds is 4. The van der Waals surface area contributed by atoms with Crippen LogP contribution in [0.25, 0.3) is 0 Å². The van der Waals surface area contributed by atoms with E-state index in [9.17, 15) is 9.59 Å². The maximum absolute atomic E-state index is 13.0. The van der Waals surface area contributed by atoms with E-state index < -0.39 is 5.41 Å². The molecule has 3 heterocycles. The Labute approximate surface area is 158 Å². The lowest BCUT2D eigenvalue weighted by Gasteiger charge is -2.36. The Morgan fingerprint density at radius 3 is 2.30 bits per heavy atom. The van der Waals surface area contributed by atoms with Crippen LogP contribution in [0, 0.1) is 0 Å². The fraction of sp³-hybridized carbons (Fsp3) is 0.400. The first-order valence-corrected chi connectivity index (χ1v) is 9.22. The maximum atomic E-state index is 13.0. The van der Waals surface area contributed by atoms with E-state index in [1.54, 1.807) is 18.5 Å². The Kier molecular flexibility index (Phi) is 4.61. The van der Waals surface area contributed by atoms with Crippen LogP contribution in [0.15, 0.2) is 48.8 Å². The number of benzene rings is 1. The van der Waals surface area contributed by atoms with Crippen molar-refractivity contribution in [2.75, 3.05) is 37.7 Å². The third-order valence-corrected chi connectivity index (χ3v) is 5.48. The summed E-state index contributed by atoms with van der Waals surface area (Å²) in [5.74, 6) is 0.523. The second kappa shape index (κ2) is 7.08. The first kappa shape index (κ1) is 17.6. The van der Waals surface area contributed by atoms with Crippen molar-refractivity contribution in [3.8, 4) is 0 Å². The highest BCUT2D eigenvalue weighted by atomic mass is 16.2. The number of aromatic nitrogens is 2. The van der Waals surface area contributed by atoms with Crippen molar-refractivity contribution in [2.24, 2.45) is 0 Å². The van der Waals surface area contributed by atoms with E-state index in [2.05, 4.69) is 19.8 Å². The molecule has 0 saturated carbocycles. The van der Waals surface area contributed by atoms with Crippen LogP contribution in [0.4, 0.5) is 5.95 Å². The normalized spacial score (nSPS) is 23.9. The van der Waals surface area contributed by atoms with Gasteiger partial charge in [-0.15, -0.1) is 0 Å². The molecule has 0 radical (unpaired) electrons. The van der Waals surface area contributed by atoms with Crippen LogP contribution in [0.1, 0.15) is 18.9 Å². The summed E-state index contributed by atoms with van der Waals surface area (Å²) >= 11 is 0. The van der Waals surface area contributed by atoms with Gasteiger partial charge in [0.15, 0.2) is 0 Å². The minimum Gasteiger partial charge on any atom is -0.338 e. The van der Waals surface area contributed by atoms with Crippen LogP contribution in [-0.2, 0) is 15.0 Å². The van der Waals surface area contributed by atoms with Gasteiger partial charge in [0.25, 0.3) is 0 Å². The van der Waals surface area contributed by atoms with Crippen LogP contribution in [0.3, 0.4) is 0 Å². The Balaban J connectivity index is 1.40.